The van der Waals surface area contributed by atoms with Crippen molar-refractivity contribution >= 4 is 5.97 Å². The van der Waals surface area contributed by atoms with E-state index in [0.29, 0.717) is 24.1 Å². The molecule has 0 radical (unpaired) electrons. The first kappa shape index (κ1) is 20.3. The lowest BCUT2D eigenvalue weighted by Crippen LogP contribution is -2.31. The van der Waals surface area contributed by atoms with E-state index in [1.54, 1.807) is 12.1 Å². The summed E-state index contributed by atoms with van der Waals surface area (Å²) in [5.74, 6) is -4.14. The summed E-state index contributed by atoms with van der Waals surface area (Å²) in [5, 5.41) is 3.00. The molecule has 150 valence electrons. The van der Waals surface area contributed by atoms with Gasteiger partial charge in [-0.15, -0.1) is 0 Å². The van der Waals surface area contributed by atoms with Crippen LogP contribution in [0.15, 0.2) is 36.4 Å². The van der Waals surface area contributed by atoms with Gasteiger partial charge in [-0.05, 0) is 46.7 Å². The molecule has 1 heterocycles. The van der Waals surface area contributed by atoms with E-state index in [0.717, 1.165) is 23.3 Å². The molecule has 1 N–H and O–H groups in total. The normalized spacial score (nSPS) is 19.6. The van der Waals surface area contributed by atoms with Gasteiger partial charge in [-0.1, -0.05) is 31.2 Å². The number of carbonyl (C=O) groups excluding carboxylic acids is 1. The van der Waals surface area contributed by atoms with Crippen LogP contribution in [-0.2, 0) is 16.0 Å². The average Bonchev–Trinajstić information content (AvgIpc) is 2.77. The molecule has 0 fully saturated rings. The van der Waals surface area contributed by atoms with Gasteiger partial charge in [-0.3, -0.25) is 0 Å². The number of halogens is 5. The molecule has 2 aromatic rings. The van der Waals surface area contributed by atoms with Crippen molar-refractivity contribution < 1.29 is 31.5 Å². The Kier molecular flexibility index (Phi) is 5.69. The van der Waals surface area contributed by atoms with Crippen molar-refractivity contribution in [2.24, 2.45) is 0 Å². The van der Waals surface area contributed by atoms with Gasteiger partial charge in [0.05, 0.1) is 0 Å². The second-order valence-corrected chi connectivity index (χ2v) is 6.84. The van der Waals surface area contributed by atoms with Crippen molar-refractivity contribution in [2.75, 3.05) is 13.1 Å². The van der Waals surface area contributed by atoms with Crippen LogP contribution in [0.25, 0.3) is 0 Å². The third-order valence-electron chi connectivity index (χ3n) is 4.68. The molecule has 0 saturated carbocycles. The van der Waals surface area contributed by atoms with Crippen LogP contribution in [0.5, 0.6) is 0 Å². The molecule has 0 bridgehead atoms. The molecule has 2 unspecified atom stereocenters. The predicted molar refractivity (Wildman–Crippen MR) is 91.8 cm³/mol. The molecule has 0 spiro atoms. The Morgan fingerprint density at radius 3 is 2.39 bits per heavy atom. The van der Waals surface area contributed by atoms with E-state index >= 15 is 0 Å². The minimum absolute atomic E-state index is 0.0329. The quantitative estimate of drug-likeness (QED) is 0.614. The molecule has 0 aliphatic carbocycles. The number of benzene rings is 2. The fraction of sp³-hybridized carbons (Fsp3) is 0.350. The molecular weight excluding hydrogens is 381 g/mol. The molecular formula is C20H18F5NO2. The minimum Gasteiger partial charge on any atom is -0.449 e. The Morgan fingerprint density at radius 2 is 1.71 bits per heavy atom. The predicted octanol–water partition coefficient (Wildman–Crippen LogP) is 4.41. The second kappa shape index (κ2) is 7.87. The number of rotatable bonds is 3. The molecule has 1 aliphatic rings. The van der Waals surface area contributed by atoms with Gasteiger partial charge in [0, 0.05) is 13.1 Å². The number of hydrogen-bond donors (Lipinski definition) is 1. The van der Waals surface area contributed by atoms with Crippen molar-refractivity contribution in [3.63, 3.8) is 0 Å². The maximum atomic E-state index is 13.4. The summed E-state index contributed by atoms with van der Waals surface area (Å²) in [6.45, 7) is 2.48. The molecule has 8 heteroatoms. The minimum atomic E-state index is -5.06. The standard InChI is InChI=1S/C20H18F5NO2/c1-11-9-26-10-18(28-19(27)20(23,24)25)14-4-2-12(7-15(11)14)6-13-3-5-16(21)17(22)8-13/h2-5,7-8,11,18,26H,6,9-10H2,1H3. The molecule has 0 amide bonds. The van der Waals surface area contributed by atoms with Crippen LogP contribution in [0, 0.1) is 11.6 Å². The van der Waals surface area contributed by atoms with E-state index in [-0.39, 0.29) is 12.5 Å². The highest BCUT2D eigenvalue weighted by Gasteiger charge is 2.43. The van der Waals surface area contributed by atoms with Crippen molar-refractivity contribution in [1.82, 2.24) is 5.32 Å². The van der Waals surface area contributed by atoms with Crippen molar-refractivity contribution in [3.05, 3.63) is 70.3 Å². The van der Waals surface area contributed by atoms with Crippen LogP contribution in [0.3, 0.4) is 0 Å². The van der Waals surface area contributed by atoms with Crippen molar-refractivity contribution in [1.29, 1.82) is 0 Å². The Morgan fingerprint density at radius 1 is 1.04 bits per heavy atom. The molecule has 0 aromatic heterocycles. The molecule has 28 heavy (non-hydrogen) atoms. The largest absolute Gasteiger partial charge is 0.490 e. The second-order valence-electron chi connectivity index (χ2n) is 6.84. The fourth-order valence-electron chi connectivity index (χ4n) is 3.29. The van der Waals surface area contributed by atoms with Gasteiger partial charge >= 0.3 is 12.1 Å². The van der Waals surface area contributed by atoms with E-state index in [4.69, 9.17) is 0 Å². The summed E-state index contributed by atoms with van der Waals surface area (Å²) in [7, 11) is 0. The lowest BCUT2D eigenvalue weighted by Gasteiger charge is -2.20. The first-order chi connectivity index (χ1) is 13.1. The van der Waals surface area contributed by atoms with Crippen LogP contribution < -0.4 is 5.32 Å². The molecule has 3 rings (SSSR count). The zero-order valence-corrected chi connectivity index (χ0v) is 14.9. The van der Waals surface area contributed by atoms with Crippen molar-refractivity contribution in [2.45, 2.75) is 31.5 Å². The number of alkyl halides is 3. The van der Waals surface area contributed by atoms with Crippen LogP contribution in [0.2, 0.25) is 0 Å². The number of carbonyl (C=O) groups is 1. The molecule has 3 nitrogen and oxygen atoms in total. The van der Waals surface area contributed by atoms with E-state index in [2.05, 4.69) is 10.1 Å². The van der Waals surface area contributed by atoms with Gasteiger partial charge < -0.3 is 10.1 Å². The summed E-state index contributed by atoms with van der Waals surface area (Å²) in [5.41, 5.74) is 2.62. The highest BCUT2D eigenvalue weighted by Crippen LogP contribution is 2.32. The van der Waals surface area contributed by atoms with Crippen LogP contribution in [-0.4, -0.2) is 25.2 Å². The SMILES string of the molecule is CC1CNCC(OC(=O)C(F)(F)F)c2ccc(Cc3ccc(F)c(F)c3)cc21. The van der Waals surface area contributed by atoms with E-state index in [1.165, 1.54) is 6.07 Å². The van der Waals surface area contributed by atoms with E-state index in [9.17, 15) is 26.7 Å². The van der Waals surface area contributed by atoms with Gasteiger partial charge in [0.15, 0.2) is 11.6 Å². The van der Waals surface area contributed by atoms with Gasteiger partial charge in [-0.2, -0.15) is 13.2 Å². The monoisotopic (exact) mass is 399 g/mol. The summed E-state index contributed by atoms with van der Waals surface area (Å²) in [6, 6.07) is 8.76. The molecule has 0 saturated heterocycles. The highest BCUT2D eigenvalue weighted by molar-refractivity contribution is 5.76. The van der Waals surface area contributed by atoms with Gasteiger partial charge in [0.2, 0.25) is 0 Å². The topological polar surface area (TPSA) is 38.3 Å². The molecule has 2 atom stereocenters. The van der Waals surface area contributed by atoms with Crippen LogP contribution in [0.4, 0.5) is 22.0 Å². The first-order valence-corrected chi connectivity index (χ1v) is 8.70. The zero-order valence-electron chi connectivity index (χ0n) is 14.9. The maximum absolute atomic E-state index is 13.4. The lowest BCUT2D eigenvalue weighted by atomic mass is 9.90. The Hall–Kier alpha value is -2.48. The number of hydrogen-bond acceptors (Lipinski definition) is 3. The molecule has 2 aromatic carbocycles. The molecule has 1 aliphatic heterocycles. The van der Waals surface area contributed by atoms with Crippen molar-refractivity contribution in [3.8, 4) is 0 Å². The summed E-state index contributed by atoms with van der Waals surface area (Å²) in [6.07, 6.45) is -5.80. The maximum Gasteiger partial charge on any atom is 0.490 e. The number of nitrogens with one attached hydrogen (secondary N) is 1. The number of ether oxygens (including phenoxy) is 1. The average molecular weight is 399 g/mol. The van der Waals surface area contributed by atoms with E-state index in [1.807, 2.05) is 13.0 Å². The summed E-state index contributed by atoms with van der Waals surface area (Å²) >= 11 is 0. The first-order valence-electron chi connectivity index (χ1n) is 8.70. The Labute approximate surface area is 158 Å². The lowest BCUT2D eigenvalue weighted by molar-refractivity contribution is -0.205. The third kappa shape index (κ3) is 4.49. The summed E-state index contributed by atoms with van der Waals surface area (Å²) in [4.78, 5) is 11.3. The Bertz CT molecular complexity index is 881. The van der Waals surface area contributed by atoms with Gasteiger partial charge in [0.25, 0.3) is 0 Å². The smallest absolute Gasteiger partial charge is 0.449 e. The Balaban J connectivity index is 1.88. The van der Waals surface area contributed by atoms with Crippen LogP contribution >= 0.6 is 0 Å². The van der Waals surface area contributed by atoms with Crippen LogP contribution in [0.1, 0.15) is 41.2 Å². The summed E-state index contributed by atoms with van der Waals surface area (Å²) < 4.78 is 68.9. The number of esters is 1. The fourth-order valence-corrected chi connectivity index (χ4v) is 3.29. The highest BCUT2D eigenvalue weighted by atomic mass is 19.4. The van der Waals surface area contributed by atoms with Gasteiger partial charge in [0.1, 0.15) is 6.10 Å². The van der Waals surface area contributed by atoms with Gasteiger partial charge in [-0.25, -0.2) is 13.6 Å². The number of fused-ring (bicyclic) bond motifs is 1. The zero-order chi connectivity index (χ0) is 20.5. The third-order valence-corrected chi connectivity index (χ3v) is 4.68. The van der Waals surface area contributed by atoms with E-state index < -0.39 is 29.9 Å².